The van der Waals surface area contributed by atoms with Gasteiger partial charge in [0.2, 0.25) is 0 Å². The Morgan fingerprint density at radius 2 is 2.00 bits per heavy atom. The van der Waals surface area contributed by atoms with E-state index in [4.69, 9.17) is 0 Å². The van der Waals surface area contributed by atoms with E-state index in [1.807, 2.05) is 11.6 Å². The first-order chi connectivity index (χ1) is 10.5. The van der Waals surface area contributed by atoms with Crippen LogP contribution in [-0.4, -0.2) is 9.78 Å². The molecule has 0 fully saturated rings. The minimum Gasteiger partial charge on any atom is -0.240 e. The Balaban J connectivity index is 2.25. The van der Waals surface area contributed by atoms with E-state index in [2.05, 4.69) is 62.9 Å². The maximum absolute atomic E-state index is 4.59. The molecule has 1 aromatic heterocycles. The molecule has 0 spiro atoms. The fourth-order valence-electron chi connectivity index (χ4n) is 2.78. The minimum atomic E-state index is 0.489. The molecule has 1 aromatic carbocycles. The van der Waals surface area contributed by atoms with E-state index in [-0.39, 0.29) is 0 Å². The van der Waals surface area contributed by atoms with E-state index in [9.17, 15) is 0 Å². The summed E-state index contributed by atoms with van der Waals surface area (Å²) in [5, 5.41) is 4.59. The van der Waals surface area contributed by atoms with E-state index >= 15 is 0 Å². The van der Waals surface area contributed by atoms with Crippen molar-refractivity contribution in [1.29, 1.82) is 0 Å². The van der Waals surface area contributed by atoms with Gasteiger partial charge in [0.05, 0.1) is 11.4 Å². The maximum atomic E-state index is 4.59. The van der Waals surface area contributed by atoms with Gasteiger partial charge in [0, 0.05) is 6.20 Å². The average molecular weight is 296 g/mol. The highest BCUT2D eigenvalue weighted by Crippen LogP contribution is 2.25. The van der Waals surface area contributed by atoms with E-state index in [1.165, 1.54) is 28.8 Å². The molecular weight excluding hydrogens is 268 g/mol. The SMILES string of the molecule is C=C(CCC)CCc1ccc(C(C)C)c(-n2ccc(C)n2)c1. The van der Waals surface area contributed by atoms with E-state index in [1.54, 1.807) is 0 Å². The zero-order valence-electron chi connectivity index (χ0n) is 14.4. The molecule has 0 aliphatic heterocycles. The van der Waals surface area contributed by atoms with E-state index < -0.39 is 0 Å². The topological polar surface area (TPSA) is 17.8 Å². The van der Waals surface area contributed by atoms with Crippen LogP contribution in [-0.2, 0) is 6.42 Å². The second kappa shape index (κ2) is 7.44. The highest BCUT2D eigenvalue weighted by molar-refractivity contribution is 5.45. The number of nitrogens with zero attached hydrogens (tertiary/aromatic N) is 2. The summed E-state index contributed by atoms with van der Waals surface area (Å²) in [6, 6.07) is 8.87. The first kappa shape index (κ1) is 16.5. The Kier molecular flexibility index (Phi) is 5.59. The molecule has 1 heterocycles. The van der Waals surface area contributed by atoms with Crippen LogP contribution in [0.5, 0.6) is 0 Å². The number of hydrogen-bond acceptors (Lipinski definition) is 1. The van der Waals surface area contributed by atoms with E-state index in [0.717, 1.165) is 25.0 Å². The van der Waals surface area contributed by atoms with Gasteiger partial charge in [-0.25, -0.2) is 4.68 Å². The second-order valence-electron chi connectivity index (χ2n) is 6.45. The summed E-state index contributed by atoms with van der Waals surface area (Å²) < 4.78 is 2.01. The molecule has 0 atom stereocenters. The summed E-state index contributed by atoms with van der Waals surface area (Å²) in [5.74, 6) is 0.489. The lowest BCUT2D eigenvalue weighted by molar-refractivity contribution is 0.792. The Hall–Kier alpha value is -1.83. The molecule has 2 rings (SSSR count). The fourth-order valence-corrected chi connectivity index (χ4v) is 2.78. The first-order valence-corrected chi connectivity index (χ1v) is 8.33. The van der Waals surface area contributed by atoms with Gasteiger partial charge in [-0.05, 0) is 55.4 Å². The molecule has 0 radical (unpaired) electrons. The second-order valence-corrected chi connectivity index (χ2v) is 6.45. The molecular formula is C20H28N2. The largest absolute Gasteiger partial charge is 0.240 e. The molecule has 0 amide bonds. The summed E-state index contributed by atoms with van der Waals surface area (Å²) in [6.07, 6.45) is 6.51. The Morgan fingerprint density at radius 3 is 2.59 bits per heavy atom. The highest BCUT2D eigenvalue weighted by Gasteiger charge is 2.10. The molecule has 0 aliphatic carbocycles. The van der Waals surface area contributed by atoms with Crippen molar-refractivity contribution in [2.75, 3.05) is 0 Å². The Labute approximate surface area is 134 Å². The van der Waals surface area contributed by atoms with Gasteiger partial charge in [-0.1, -0.05) is 51.5 Å². The monoisotopic (exact) mass is 296 g/mol. The third-order valence-electron chi connectivity index (χ3n) is 4.06. The summed E-state index contributed by atoms with van der Waals surface area (Å²) >= 11 is 0. The number of aryl methyl sites for hydroxylation is 2. The van der Waals surface area contributed by atoms with Gasteiger partial charge in [0.15, 0.2) is 0 Å². The Bertz CT molecular complexity index is 635. The van der Waals surface area contributed by atoms with Gasteiger partial charge in [0.1, 0.15) is 0 Å². The van der Waals surface area contributed by atoms with E-state index in [0.29, 0.717) is 5.92 Å². The molecule has 2 aromatic rings. The molecule has 0 N–H and O–H groups in total. The van der Waals surface area contributed by atoms with Crippen LogP contribution in [0.2, 0.25) is 0 Å². The lowest BCUT2D eigenvalue weighted by atomic mass is 9.96. The molecule has 2 heteroatoms. The normalized spacial score (nSPS) is 11.1. The lowest BCUT2D eigenvalue weighted by Gasteiger charge is -2.15. The highest BCUT2D eigenvalue weighted by atomic mass is 15.3. The van der Waals surface area contributed by atoms with Crippen LogP contribution < -0.4 is 0 Å². The minimum absolute atomic E-state index is 0.489. The van der Waals surface area contributed by atoms with Crippen molar-refractivity contribution in [3.63, 3.8) is 0 Å². The van der Waals surface area contributed by atoms with Gasteiger partial charge < -0.3 is 0 Å². The van der Waals surface area contributed by atoms with Crippen molar-refractivity contribution >= 4 is 0 Å². The third kappa shape index (κ3) is 4.09. The first-order valence-electron chi connectivity index (χ1n) is 8.33. The van der Waals surface area contributed by atoms with Crippen LogP contribution >= 0.6 is 0 Å². The van der Waals surface area contributed by atoms with Crippen molar-refractivity contribution in [2.24, 2.45) is 0 Å². The third-order valence-corrected chi connectivity index (χ3v) is 4.06. The quantitative estimate of drug-likeness (QED) is 0.609. The predicted octanol–water partition coefficient (Wildman–Crippen LogP) is 5.59. The zero-order valence-corrected chi connectivity index (χ0v) is 14.4. The number of allylic oxidation sites excluding steroid dienone is 1. The molecule has 0 saturated heterocycles. The number of benzene rings is 1. The maximum Gasteiger partial charge on any atom is 0.0682 e. The van der Waals surface area contributed by atoms with Gasteiger partial charge in [-0.3, -0.25) is 0 Å². The standard InChI is InChI=1S/C20H28N2/c1-6-7-16(4)8-9-18-10-11-19(15(2)3)20(14-18)22-13-12-17(5)21-22/h10-15H,4,6-9H2,1-3,5H3. The number of rotatable bonds is 7. The molecule has 0 bridgehead atoms. The molecule has 0 saturated carbocycles. The van der Waals surface area contributed by atoms with Crippen molar-refractivity contribution in [1.82, 2.24) is 9.78 Å². The fraction of sp³-hybridized carbons (Fsp3) is 0.450. The number of aromatic nitrogens is 2. The van der Waals surface area contributed by atoms with Crippen molar-refractivity contribution < 1.29 is 0 Å². The van der Waals surface area contributed by atoms with Crippen LogP contribution in [0.1, 0.15) is 62.8 Å². The predicted molar refractivity (Wildman–Crippen MR) is 94.8 cm³/mol. The van der Waals surface area contributed by atoms with Crippen LogP contribution in [0.4, 0.5) is 0 Å². The molecule has 2 nitrogen and oxygen atoms in total. The molecule has 0 aliphatic rings. The lowest BCUT2D eigenvalue weighted by Crippen LogP contribution is -2.03. The van der Waals surface area contributed by atoms with Gasteiger partial charge >= 0.3 is 0 Å². The summed E-state index contributed by atoms with van der Waals surface area (Å²) in [6.45, 7) is 12.9. The molecule has 22 heavy (non-hydrogen) atoms. The molecule has 0 unspecified atom stereocenters. The van der Waals surface area contributed by atoms with Crippen LogP contribution in [0, 0.1) is 6.92 Å². The van der Waals surface area contributed by atoms with Crippen molar-refractivity contribution in [3.8, 4) is 5.69 Å². The van der Waals surface area contributed by atoms with Gasteiger partial charge in [-0.15, -0.1) is 0 Å². The van der Waals surface area contributed by atoms with Crippen molar-refractivity contribution in [3.05, 3.63) is 59.4 Å². The number of hydrogen-bond donors (Lipinski definition) is 0. The average Bonchev–Trinajstić information content (AvgIpc) is 2.91. The van der Waals surface area contributed by atoms with Gasteiger partial charge in [-0.2, -0.15) is 5.10 Å². The van der Waals surface area contributed by atoms with Gasteiger partial charge in [0.25, 0.3) is 0 Å². The smallest absolute Gasteiger partial charge is 0.0682 e. The van der Waals surface area contributed by atoms with Crippen LogP contribution in [0.3, 0.4) is 0 Å². The Morgan fingerprint density at radius 1 is 1.23 bits per heavy atom. The van der Waals surface area contributed by atoms with Crippen LogP contribution in [0.15, 0.2) is 42.6 Å². The zero-order chi connectivity index (χ0) is 16.1. The van der Waals surface area contributed by atoms with Crippen molar-refractivity contribution in [2.45, 2.75) is 59.3 Å². The summed E-state index contributed by atoms with van der Waals surface area (Å²) in [7, 11) is 0. The summed E-state index contributed by atoms with van der Waals surface area (Å²) in [4.78, 5) is 0. The summed E-state index contributed by atoms with van der Waals surface area (Å²) in [5.41, 5.74) is 6.33. The van der Waals surface area contributed by atoms with Crippen LogP contribution in [0.25, 0.3) is 5.69 Å². The molecule has 118 valence electrons.